The molecule has 8 nitrogen and oxygen atoms in total. The monoisotopic (exact) mass is 240 g/mol. The quantitative estimate of drug-likeness (QED) is 0.261. The molecule has 0 aromatic carbocycles. The summed E-state index contributed by atoms with van der Waals surface area (Å²) in [5.41, 5.74) is 0. The number of hydrogen-bond acceptors (Lipinski definition) is 8. The van der Waals surface area contributed by atoms with Gasteiger partial charge in [0.25, 0.3) is 0 Å². The van der Waals surface area contributed by atoms with Gasteiger partial charge in [0.05, 0.1) is 13.2 Å². The Balaban J connectivity index is 2.90. The molecule has 0 aromatic heterocycles. The lowest BCUT2D eigenvalue weighted by molar-refractivity contribution is -0.365. The molecule has 16 heavy (non-hydrogen) atoms. The Morgan fingerprint density at radius 2 is 1.69 bits per heavy atom. The summed E-state index contributed by atoms with van der Waals surface area (Å²) in [4.78, 5) is 0. The maximum atomic E-state index is 9.57. The van der Waals surface area contributed by atoms with Crippen molar-refractivity contribution >= 4 is 0 Å². The Morgan fingerprint density at radius 1 is 1.12 bits per heavy atom. The number of rotatable bonds is 3. The third kappa shape index (κ3) is 2.19. The Kier molecular flexibility index (Phi) is 4.21. The zero-order valence-corrected chi connectivity index (χ0v) is 8.34. The fraction of sp³-hybridized carbons (Fsp3) is 1.00. The number of hydrogen-bond donors (Lipinski definition) is 7. The van der Waals surface area contributed by atoms with Crippen molar-refractivity contribution in [2.75, 3.05) is 13.2 Å². The van der Waals surface area contributed by atoms with Gasteiger partial charge in [0.2, 0.25) is 5.79 Å². The highest BCUT2D eigenvalue weighted by molar-refractivity contribution is 4.97. The molecule has 0 amide bonds. The van der Waals surface area contributed by atoms with Crippen molar-refractivity contribution < 1.29 is 40.5 Å². The first-order valence-corrected chi connectivity index (χ1v) is 4.71. The SMILES string of the molecule is OCC(O)[C@H]1OC(O)(CO)[C@@H](O)[C@@H](O)[C@@H]1O. The van der Waals surface area contributed by atoms with E-state index < -0.39 is 49.5 Å². The molecule has 1 heterocycles. The summed E-state index contributed by atoms with van der Waals surface area (Å²) in [6.45, 7) is -1.81. The van der Waals surface area contributed by atoms with E-state index in [1.54, 1.807) is 0 Å². The zero-order chi connectivity index (χ0) is 12.5. The summed E-state index contributed by atoms with van der Waals surface area (Å²) >= 11 is 0. The molecular formula is C8H16O8. The summed E-state index contributed by atoms with van der Waals surface area (Å²) in [6, 6.07) is 0. The van der Waals surface area contributed by atoms with E-state index >= 15 is 0 Å². The van der Waals surface area contributed by atoms with E-state index in [-0.39, 0.29) is 0 Å². The smallest absolute Gasteiger partial charge is 0.219 e. The fourth-order valence-electron chi connectivity index (χ4n) is 1.56. The molecule has 0 spiro atoms. The van der Waals surface area contributed by atoms with Crippen LogP contribution in [0, 0.1) is 0 Å². The lowest BCUT2D eigenvalue weighted by Crippen LogP contribution is -2.68. The van der Waals surface area contributed by atoms with Crippen LogP contribution in [0.3, 0.4) is 0 Å². The third-order valence-corrected chi connectivity index (χ3v) is 2.61. The Hall–Kier alpha value is -0.320. The summed E-state index contributed by atoms with van der Waals surface area (Å²) in [6.07, 6.45) is -8.49. The van der Waals surface area contributed by atoms with Gasteiger partial charge < -0.3 is 40.5 Å². The van der Waals surface area contributed by atoms with Gasteiger partial charge in [-0.2, -0.15) is 0 Å². The van der Waals surface area contributed by atoms with Crippen molar-refractivity contribution in [3.05, 3.63) is 0 Å². The molecule has 1 aliphatic heterocycles. The van der Waals surface area contributed by atoms with Crippen LogP contribution in [0.1, 0.15) is 0 Å². The first-order valence-electron chi connectivity index (χ1n) is 4.71. The van der Waals surface area contributed by atoms with Gasteiger partial charge in [-0.3, -0.25) is 0 Å². The molecule has 0 saturated carbocycles. The molecule has 6 atom stereocenters. The first-order chi connectivity index (χ1) is 7.37. The number of aliphatic hydroxyl groups is 7. The third-order valence-electron chi connectivity index (χ3n) is 2.61. The van der Waals surface area contributed by atoms with Crippen molar-refractivity contribution in [1.29, 1.82) is 0 Å². The molecule has 1 aliphatic rings. The van der Waals surface area contributed by atoms with Crippen LogP contribution in [0.4, 0.5) is 0 Å². The van der Waals surface area contributed by atoms with Crippen LogP contribution in [-0.4, -0.2) is 85.3 Å². The predicted molar refractivity (Wildman–Crippen MR) is 48.0 cm³/mol. The van der Waals surface area contributed by atoms with Gasteiger partial charge in [-0.05, 0) is 0 Å². The molecular weight excluding hydrogens is 224 g/mol. The zero-order valence-electron chi connectivity index (χ0n) is 8.34. The molecule has 0 aliphatic carbocycles. The van der Waals surface area contributed by atoms with Gasteiger partial charge in [-0.25, -0.2) is 0 Å². The summed E-state index contributed by atoms with van der Waals surface area (Å²) in [7, 11) is 0. The fourth-order valence-corrected chi connectivity index (χ4v) is 1.56. The second-order valence-corrected chi connectivity index (χ2v) is 3.76. The van der Waals surface area contributed by atoms with Crippen molar-refractivity contribution in [2.24, 2.45) is 0 Å². The van der Waals surface area contributed by atoms with E-state index in [0.29, 0.717) is 0 Å². The largest absolute Gasteiger partial charge is 0.394 e. The van der Waals surface area contributed by atoms with E-state index in [4.69, 9.17) is 14.9 Å². The maximum Gasteiger partial charge on any atom is 0.219 e. The van der Waals surface area contributed by atoms with Gasteiger partial charge >= 0.3 is 0 Å². The first kappa shape index (κ1) is 13.7. The standard InChI is InChI=1S/C8H16O8/c9-1-3(11)6-4(12)5(13)7(14)8(15,2-10)16-6/h3-7,9-15H,1-2H2/t3?,4-,5-,6+,7-,8?/m0/s1. The minimum atomic E-state index is -2.49. The highest BCUT2D eigenvalue weighted by Gasteiger charge is 2.54. The summed E-state index contributed by atoms with van der Waals surface area (Å²) in [5.74, 6) is -2.49. The van der Waals surface area contributed by atoms with E-state index in [1.807, 2.05) is 0 Å². The lowest BCUT2D eigenvalue weighted by Gasteiger charge is -2.45. The van der Waals surface area contributed by atoms with E-state index in [1.165, 1.54) is 0 Å². The molecule has 1 saturated heterocycles. The minimum Gasteiger partial charge on any atom is -0.394 e. The highest BCUT2D eigenvalue weighted by atomic mass is 16.7. The molecule has 2 unspecified atom stereocenters. The predicted octanol–water partition coefficient (Wildman–Crippen LogP) is -4.50. The van der Waals surface area contributed by atoms with Crippen LogP contribution in [-0.2, 0) is 4.74 Å². The van der Waals surface area contributed by atoms with Crippen LogP contribution in [0.5, 0.6) is 0 Å². The molecule has 7 N–H and O–H groups in total. The average Bonchev–Trinajstić information content (AvgIpc) is 2.30. The summed E-state index contributed by atoms with van der Waals surface area (Å²) in [5, 5.41) is 64.5. The molecule has 8 heteroatoms. The van der Waals surface area contributed by atoms with Gasteiger partial charge in [0, 0.05) is 0 Å². The summed E-state index contributed by atoms with van der Waals surface area (Å²) < 4.78 is 4.71. The van der Waals surface area contributed by atoms with Crippen molar-refractivity contribution in [2.45, 2.75) is 36.3 Å². The van der Waals surface area contributed by atoms with Crippen molar-refractivity contribution in [3.63, 3.8) is 0 Å². The topological polar surface area (TPSA) is 151 Å². The molecule has 0 bridgehead atoms. The normalized spacial score (nSPS) is 46.7. The Morgan fingerprint density at radius 3 is 2.12 bits per heavy atom. The van der Waals surface area contributed by atoms with Crippen LogP contribution in [0.15, 0.2) is 0 Å². The lowest BCUT2D eigenvalue weighted by atomic mass is 9.90. The molecule has 1 fully saturated rings. The Bertz CT molecular complexity index is 234. The second-order valence-electron chi connectivity index (χ2n) is 3.76. The van der Waals surface area contributed by atoms with Gasteiger partial charge in [-0.15, -0.1) is 0 Å². The molecule has 0 aromatic rings. The average molecular weight is 240 g/mol. The van der Waals surface area contributed by atoms with Gasteiger partial charge in [0.1, 0.15) is 30.5 Å². The number of aliphatic hydroxyl groups excluding tert-OH is 6. The highest BCUT2D eigenvalue weighted by Crippen LogP contribution is 2.29. The van der Waals surface area contributed by atoms with Gasteiger partial charge in [0.15, 0.2) is 0 Å². The van der Waals surface area contributed by atoms with E-state index in [0.717, 1.165) is 0 Å². The second kappa shape index (κ2) is 4.90. The van der Waals surface area contributed by atoms with E-state index in [2.05, 4.69) is 0 Å². The minimum absolute atomic E-state index is 0.772. The van der Waals surface area contributed by atoms with Crippen molar-refractivity contribution in [1.82, 2.24) is 0 Å². The van der Waals surface area contributed by atoms with E-state index in [9.17, 15) is 25.5 Å². The Labute approximate surface area is 91.0 Å². The maximum absolute atomic E-state index is 9.57. The van der Waals surface area contributed by atoms with Crippen LogP contribution >= 0.6 is 0 Å². The van der Waals surface area contributed by atoms with Gasteiger partial charge in [-0.1, -0.05) is 0 Å². The van der Waals surface area contributed by atoms with Crippen LogP contribution < -0.4 is 0 Å². The van der Waals surface area contributed by atoms with Crippen LogP contribution in [0.25, 0.3) is 0 Å². The molecule has 96 valence electrons. The number of ether oxygens (including phenoxy) is 1. The van der Waals surface area contributed by atoms with Crippen molar-refractivity contribution in [3.8, 4) is 0 Å². The van der Waals surface area contributed by atoms with Crippen LogP contribution in [0.2, 0.25) is 0 Å². The molecule has 1 rings (SSSR count). The molecule has 0 radical (unpaired) electrons.